The standard InChI is InChI=1S/C16H19NO/c1-11-9-17(13(3)12(11)2)10-15-8-14-6-4-5-7-16(14)18-15/h4-7,9,15H,8,10H2,1-3H3. The molecule has 1 atom stereocenters. The molecule has 0 aliphatic carbocycles. The van der Waals surface area contributed by atoms with Gasteiger partial charge in [0.25, 0.3) is 0 Å². The second-order valence-corrected chi connectivity index (χ2v) is 5.23. The molecule has 2 aromatic rings. The average Bonchev–Trinajstić information content (AvgIpc) is 2.87. The van der Waals surface area contributed by atoms with E-state index in [9.17, 15) is 0 Å². The van der Waals surface area contributed by atoms with Gasteiger partial charge in [0.2, 0.25) is 0 Å². The van der Waals surface area contributed by atoms with Gasteiger partial charge in [0.05, 0.1) is 6.54 Å². The second-order valence-electron chi connectivity index (χ2n) is 5.23. The molecule has 1 aromatic carbocycles. The van der Waals surface area contributed by atoms with Crippen LogP contribution in [0.5, 0.6) is 5.75 Å². The fourth-order valence-electron chi connectivity index (χ4n) is 2.69. The lowest BCUT2D eigenvalue weighted by atomic mass is 10.1. The molecular formula is C16H19NO. The van der Waals surface area contributed by atoms with Crippen molar-refractivity contribution in [3.05, 3.63) is 52.8 Å². The summed E-state index contributed by atoms with van der Waals surface area (Å²) in [6.45, 7) is 7.48. The zero-order valence-corrected chi connectivity index (χ0v) is 11.2. The molecule has 0 N–H and O–H groups in total. The molecular weight excluding hydrogens is 222 g/mol. The van der Waals surface area contributed by atoms with Gasteiger partial charge in [-0.2, -0.15) is 0 Å². The molecule has 3 rings (SSSR count). The van der Waals surface area contributed by atoms with Crippen LogP contribution < -0.4 is 4.74 Å². The molecule has 18 heavy (non-hydrogen) atoms. The summed E-state index contributed by atoms with van der Waals surface area (Å²) in [6.07, 6.45) is 3.52. The Balaban J connectivity index is 1.78. The minimum absolute atomic E-state index is 0.271. The highest BCUT2D eigenvalue weighted by molar-refractivity contribution is 5.37. The number of hydrogen-bond donors (Lipinski definition) is 0. The molecule has 0 saturated carbocycles. The van der Waals surface area contributed by atoms with Gasteiger partial charge in [-0.1, -0.05) is 18.2 Å². The molecule has 2 heterocycles. The lowest BCUT2D eigenvalue weighted by Gasteiger charge is -2.13. The van der Waals surface area contributed by atoms with Crippen LogP contribution in [0.3, 0.4) is 0 Å². The molecule has 1 aliphatic rings. The minimum Gasteiger partial charge on any atom is -0.488 e. The maximum atomic E-state index is 5.99. The van der Waals surface area contributed by atoms with Crippen LogP contribution in [0.1, 0.15) is 22.4 Å². The van der Waals surface area contributed by atoms with Crippen molar-refractivity contribution < 1.29 is 4.74 Å². The summed E-state index contributed by atoms with van der Waals surface area (Å²) in [7, 11) is 0. The van der Waals surface area contributed by atoms with Crippen LogP contribution in [0.4, 0.5) is 0 Å². The maximum absolute atomic E-state index is 5.99. The van der Waals surface area contributed by atoms with E-state index >= 15 is 0 Å². The van der Waals surface area contributed by atoms with Crippen LogP contribution in [0.25, 0.3) is 0 Å². The molecule has 94 valence electrons. The number of hydrogen-bond acceptors (Lipinski definition) is 1. The first-order chi connectivity index (χ1) is 8.65. The Morgan fingerprint density at radius 2 is 2.00 bits per heavy atom. The summed E-state index contributed by atoms with van der Waals surface area (Å²) in [5.74, 6) is 1.06. The first-order valence-electron chi connectivity index (χ1n) is 6.52. The third kappa shape index (κ3) is 1.82. The fraction of sp³-hybridized carbons (Fsp3) is 0.375. The quantitative estimate of drug-likeness (QED) is 0.786. The van der Waals surface area contributed by atoms with E-state index < -0.39 is 0 Å². The van der Waals surface area contributed by atoms with Crippen molar-refractivity contribution in [1.29, 1.82) is 0 Å². The van der Waals surface area contributed by atoms with Gasteiger partial charge in [-0.25, -0.2) is 0 Å². The highest BCUT2D eigenvalue weighted by atomic mass is 16.5. The van der Waals surface area contributed by atoms with Crippen LogP contribution in [-0.2, 0) is 13.0 Å². The summed E-state index contributed by atoms with van der Waals surface area (Å²) >= 11 is 0. The van der Waals surface area contributed by atoms with Crippen molar-refractivity contribution in [3.8, 4) is 5.75 Å². The van der Waals surface area contributed by atoms with Gasteiger partial charge in [-0.15, -0.1) is 0 Å². The molecule has 2 nitrogen and oxygen atoms in total. The predicted octanol–water partition coefficient (Wildman–Crippen LogP) is 3.42. The van der Waals surface area contributed by atoms with E-state index in [-0.39, 0.29) is 6.10 Å². The average molecular weight is 241 g/mol. The van der Waals surface area contributed by atoms with Crippen molar-refractivity contribution in [1.82, 2.24) is 4.57 Å². The predicted molar refractivity (Wildman–Crippen MR) is 73.2 cm³/mol. The van der Waals surface area contributed by atoms with E-state index in [2.05, 4.69) is 49.7 Å². The van der Waals surface area contributed by atoms with Crippen LogP contribution in [-0.4, -0.2) is 10.7 Å². The molecule has 0 fully saturated rings. The number of fused-ring (bicyclic) bond motifs is 1. The van der Waals surface area contributed by atoms with E-state index in [1.54, 1.807) is 0 Å². The van der Waals surface area contributed by atoms with Crippen molar-refractivity contribution in [3.63, 3.8) is 0 Å². The van der Waals surface area contributed by atoms with Crippen LogP contribution >= 0.6 is 0 Å². The van der Waals surface area contributed by atoms with Crippen molar-refractivity contribution in [2.24, 2.45) is 0 Å². The largest absolute Gasteiger partial charge is 0.488 e. The van der Waals surface area contributed by atoms with E-state index in [4.69, 9.17) is 4.74 Å². The third-order valence-electron chi connectivity index (χ3n) is 4.03. The van der Waals surface area contributed by atoms with Crippen molar-refractivity contribution in [2.75, 3.05) is 0 Å². The molecule has 0 radical (unpaired) electrons. The summed E-state index contributed by atoms with van der Waals surface area (Å²) in [6, 6.07) is 8.35. The van der Waals surface area contributed by atoms with Gasteiger partial charge in [-0.05, 0) is 43.5 Å². The van der Waals surface area contributed by atoms with Gasteiger partial charge in [0.15, 0.2) is 0 Å². The van der Waals surface area contributed by atoms with E-state index in [0.29, 0.717) is 0 Å². The summed E-state index contributed by atoms with van der Waals surface area (Å²) in [4.78, 5) is 0. The highest BCUT2D eigenvalue weighted by Gasteiger charge is 2.23. The molecule has 1 aromatic heterocycles. The number of para-hydroxylation sites is 1. The van der Waals surface area contributed by atoms with Gasteiger partial charge in [-0.3, -0.25) is 0 Å². The lowest BCUT2D eigenvalue weighted by molar-refractivity contribution is 0.208. The third-order valence-corrected chi connectivity index (χ3v) is 4.03. The SMILES string of the molecule is Cc1cn(CC2Cc3ccccc3O2)c(C)c1C. The number of benzene rings is 1. The lowest BCUT2D eigenvalue weighted by Crippen LogP contribution is -2.21. The van der Waals surface area contributed by atoms with Gasteiger partial charge in [0, 0.05) is 18.3 Å². The normalized spacial score (nSPS) is 17.6. The van der Waals surface area contributed by atoms with Crippen molar-refractivity contribution >= 4 is 0 Å². The topological polar surface area (TPSA) is 14.2 Å². The minimum atomic E-state index is 0.271. The number of aryl methyl sites for hydroxylation is 1. The van der Waals surface area contributed by atoms with Gasteiger partial charge in [0.1, 0.15) is 11.9 Å². The second kappa shape index (κ2) is 4.20. The molecule has 0 saturated heterocycles. The molecule has 1 aliphatic heterocycles. The number of aromatic nitrogens is 1. The Hall–Kier alpha value is -1.70. The Bertz CT molecular complexity index is 558. The Kier molecular flexibility index (Phi) is 2.66. The van der Waals surface area contributed by atoms with Crippen molar-refractivity contribution in [2.45, 2.75) is 39.8 Å². The zero-order valence-electron chi connectivity index (χ0n) is 11.2. The number of rotatable bonds is 2. The van der Waals surface area contributed by atoms with E-state index in [1.807, 2.05) is 6.07 Å². The maximum Gasteiger partial charge on any atom is 0.123 e. The van der Waals surface area contributed by atoms with Gasteiger partial charge < -0.3 is 9.30 Å². The van der Waals surface area contributed by atoms with E-state index in [0.717, 1.165) is 18.7 Å². The van der Waals surface area contributed by atoms with Crippen LogP contribution in [0.15, 0.2) is 30.5 Å². The number of nitrogens with zero attached hydrogens (tertiary/aromatic N) is 1. The first-order valence-corrected chi connectivity index (χ1v) is 6.52. The zero-order chi connectivity index (χ0) is 12.7. The molecule has 0 amide bonds. The van der Waals surface area contributed by atoms with Gasteiger partial charge >= 0.3 is 0 Å². The first kappa shape index (κ1) is 11.4. The Morgan fingerprint density at radius 3 is 2.67 bits per heavy atom. The highest BCUT2D eigenvalue weighted by Crippen LogP contribution is 2.29. The fourth-order valence-corrected chi connectivity index (χ4v) is 2.69. The molecule has 0 bridgehead atoms. The molecule has 0 spiro atoms. The van der Waals surface area contributed by atoms with Crippen LogP contribution in [0, 0.1) is 20.8 Å². The summed E-state index contributed by atoms with van der Waals surface area (Å²) < 4.78 is 8.31. The smallest absolute Gasteiger partial charge is 0.123 e. The summed E-state index contributed by atoms with van der Waals surface area (Å²) in [5.41, 5.74) is 5.45. The molecule has 1 unspecified atom stereocenters. The number of ether oxygens (including phenoxy) is 1. The van der Waals surface area contributed by atoms with E-state index in [1.165, 1.54) is 22.4 Å². The molecule has 2 heteroatoms. The Morgan fingerprint density at radius 1 is 1.22 bits per heavy atom. The monoisotopic (exact) mass is 241 g/mol. The Labute approximate surface area is 108 Å². The van der Waals surface area contributed by atoms with Crippen LogP contribution in [0.2, 0.25) is 0 Å². The summed E-state index contributed by atoms with van der Waals surface area (Å²) in [5, 5.41) is 0.